The minimum absolute atomic E-state index is 0.0528. The van der Waals surface area contributed by atoms with Crippen LogP contribution in [-0.2, 0) is 19.7 Å². The van der Waals surface area contributed by atoms with Gasteiger partial charge < -0.3 is 19.5 Å². The Morgan fingerprint density at radius 1 is 1.03 bits per heavy atom. The van der Waals surface area contributed by atoms with Crippen molar-refractivity contribution in [2.75, 3.05) is 0 Å². The second kappa shape index (κ2) is 9.99. The smallest absolute Gasteiger partial charge is 0.264 e. The number of hydrogen-bond donors (Lipinski definition) is 1. The highest BCUT2D eigenvalue weighted by atomic mass is 19.3. The molecule has 1 N–H and O–H groups in total. The molecule has 1 aromatic heterocycles. The normalized spacial score (nSPS) is 12.5. The fourth-order valence-corrected chi connectivity index (χ4v) is 4.01. The molecule has 182 valence electrons. The minimum atomic E-state index is -2.83. The topological polar surface area (TPSA) is 84.8 Å². The Balaban J connectivity index is 1.38. The molecule has 0 bridgehead atoms. The Bertz CT molecular complexity index is 1380. The van der Waals surface area contributed by atoms with Crippen molar-refractivity contribution < 1.29 is 28.2 Å². The number of phenols is 1. The van der Waals surface area contributed by atoms with Gasteiger partial charge in [0.15, 0.2) is 0 Å². The lowest BCUT2D eigenvalue weighted by molar-refractivity contribution is 0.0742. The van der Waals surface area contributed by atoms with Crippen LogP contribution in [0.4, 0.5) is 8.78 Å². The van der Waals surface area contributed by atoms with Crippen molar-refractivity contribution >= 4 is 5.91 Å². The number of halogens is 2. The molecule has 0 radical (unpaired) electrons. The molecule has 3 aromatic carbocycles. The zero-order valence-electron chi connectivity index (χ0n) is 19.0. The lowest BCUT2D eigenvalue weighted by atomic mass is 10.1. The Labute approximate surface area is 205 Å². The molecule has 7 nitrogen and oxygen atoms in total. The number of rotatable bonds is 7. The maximum atomic E-state index is 13.5. The number of phenolic OH excluding ortho intramolecular Hbond substituents is 1. The molecule has 9 heteroatoms. The van der Waals surface area contributed by atoms with E-state index >= 15 is 0 Å². The molecule has 4 aromatic rings. The van der Waals surface area contributed by atoms with E-state index in [0.29, 0.717) is 11.6 Å². The highest BCUT2D eigenvalue weighted by Gasteiger charge is 2.30. The summed E-state index contributed by atoms with van der Waals surface area (Å²) < 4.78 is 38.3. The van der Waals surface area contributed by atoms with Crippen LogP contribution in [-0.4, -0.2) is 25.9 Å². The Morgan fingerprint density at radius 3 is 2.58 bits per heavy atom. The van der Waals surface area contributed by atoms with Crippen molar-refractivity contribution in [3.05, 3.63) is 107 Å². The number of amides is 1. The third kappa shape index (κ3) is 4.95. The summed E-state index contributed by atoms with van der Waals surface area (Å²) >= 11 is 0. The lowest BCUT2D eigenvalue weighted by Crippen LogP contribution is -2.26. The summed E-state index contributed by atoms with van der Waals surface area (Å²) in [5, 5.41) is 10.6. The van der Waals surface area contributed by atoms with E-state index in [4.69, 9.17) is 9.47 Å². The number of aromatic nitrogens is 2. The number of ether oxygens (including phenoxy) is 2. The fourth-order valence-electron chi connectivity index (χ4n) is 4.01. The van der Waals surface area contributed by atoms with Gasteiger partial charge in [-0.2, -0.15) is 0 Å². The van der Waals surface area contributed by atoms with Crippen LogP contribution in [0.3, 0.4) is 0 Å². The van der Waals surface area contributed by atoms with Crippen LogP contribution in [0.2, 0.25) is 0 Å². The standard InChI is InChI=1S/C27H21F2N3O4/c28-26(29)19-11-22(33)25(23(12-19)35-15-17-4-2-1-3-5-17)27(34)32-13-18-6-7-21(10-20(18)14-32)36-24-8-9-30-16-31-24/h1-12,16,26,33H,13-15H2. The first-order valence-electron chi connectivity index (χ1n) is 11.1. The lowest BCUT2D eigenvalue weighted by Gasteiger charge is -2.20. The summed E-state index contributed by atoms with van der Waals surface area (Å²) in [6.45, 7) is 0.594. The van der Waals surface area contributed by atoms with Gasteiger partial charge in [0.1, 0.15) is 35.7 Å². The van der Waals surface area contributed by atoms with Gasteiger partial charge in [-0.05, 0) is 41.0 Å². The first kappa shape index (κ1) is 23.2. The first-order valence-corrected chi connectivity index (χ1v) is 11.1. The summed E-state index contributed by atoms with van der Waals surface area (Å²) in [6, 6.07) is 18.2. The Hall–Kier alpha value is -4.53. The molecule has 1 amide bonds. The number of aromatic hydroxyl groups is 1. The summed E-state index contributed by atoms with van der Waals surface area (Å²) in [6.07, 6.45) is 0.120. The Morgan fingerprint density at radius 2 is 1.83 bits per heavy atom. The second-order valence-electron chi connectivity index (χ2n) is 8.23. The molecule has 0 unspecified atom stereocenters. The maximum absolute atomic E-state index is 13.5. The molecular weight excluding hydrogens is 468 g/mol. The molecule has 0 atom stereocenters. The van der Waals surface area contributed by atoms with E-state index in [-0.39, 0.29) is 31.0 Å². The second-order valence-corrected chi connectivity index (χ2v) is 8.23. The third-order valence-corrected chi connectivity index (χ3v) is 5.77. The molecule has 0 saturated carbocycles. The van der Waals surface area contributed by atoms with Crippen molar-refractivity contribution in [2.24, 2.45) is 0 Å². The van der Waals surface area contributed by atoms with Gasteiger partial charge in [-0.1, -0.05) is 36.4 Å². The van der Waals surface area contributed by atoms with Crippen LogP contribution in [0, 0.1) is 0 Å². The molecule has 0 saturated heterocycles. The van der Waals surface area contributed by atoms with Gasteiger partial charge in [0, 0.05) is 30.9 Å². The molecule has 1 aliphatic heterocycles. The SMILES string of the molecule is O=C(c1c(O)cc(C(F)F)cc1OCc1ccccc1)N1Cc2ccc(Oc3ccncn3)cc2C1. The molecule has 5 rings (SSSR count). The third-order valence-electron chi connectivity index (χ3n) is 5.77. The number of nitrogens with zero attached hydrogens (tertiary/aromatic N) is 3. The first-order chi connectivity index (χ1) is 17.5. The van der Waals surface area contributed by atoms with Crippen LogP contribution in [0.1, 0.15) is 39.0 Å². The zero-order valence-corrected chi connectivity index (χ0v) is 19.0. The van der Waals surface area contributed by atoms with Crippen molar-refractivity contribution in [2.45, 2.75) is 26.1 Å². The van der Waals surface area contributed by atoms with Crippen molar-refractivity contribution in [1.29, 1.82) is 0 Å². The van der Waals surface area contributed by atoms with Gasteiger partial charge in [-0.15, -0.1) is 0 Å². The molecular formula is C27H21F2N3O4. The quantitative estimate of drug-likeness (QED) is 0.361. The monoisotopic (exact) mass is 489 g/mol. The van der Waals surface area contributed by atoms with Gasteiger partial charge >= 0.3 is 0 Å². The average molecular weight is 489 g/mol. The van der Waals surface area contributed by atoms with E-state index in [1.165, 1.54) is 11.2 Å². The van der Waals surface area contributed by atoms with Crippen LogP contribution in [0.5, 0.6) is 23.1 Å². The summed E-state index contributed by atoms with van der Waals surface area (Å²) in [4.78, 5) is 22.9. The van der Waals surface area contributed by atoms with Crippen LogP contribution < -0.4 is 9.47 Å². The van der Waals surface area contributed by atoms with Crippen LogP contribution in [0.25, 0.3) is 0 Å². The zero-order chi connectivity index (χ0) is 25.1. The largest absolute Gasteiger partial charge is 0.507 e. The maximum Gasteiger partial charge on any atom is 0.264 e. The highest BCUT2D eigenvalue weighted by Crippen LogP contribution is 2.37. The molecule has 36 heavy (non-hydrogen) atoms. The number of alkyl halides is 2. The van der Waals surface area contributed by atoms with Gasteiger partial charge in [-0.25, -0.2) is 18.7 Å². The number of hydrogen-bond acceptors (Lipinski definition) is 6. The molecule has 2 heterocycles. The Kier molecular flexibility index (Phi) is 6.44. The molecule has 0 spiro atoms. The van der Waals surface area contributed by atoms with Gasteiger partial charge in [0.05, 0.1) is 0 Å². The predicted molar refractivity (Wildman–Crippen MR) is 126 cm³/mol. The van der Waals surface area contributed by atoms with Crippen LogP contribution in [0.15, 0.2) is 79.3 Å². The number of fused-ring (bicyclic) bond motifs is 1. The molecule has 0 aliphatic carbocycles. The number of carbonyl (C=O) groups is 1. The number of benzene rings is 3. The summed E-state index contributed by atoms with van der Waals surface area (Å²) in [5.41, 5.74) is 1.99. The van der Waals surface area contributed by atoms with E-state index in [9.17, 15) is 18.7 Å². The average Bonchev–Trinajstić information content (AvgIpc) is 3.31. The van der Waals surface area contributed by atoms with Crippen molar-refractivity contribution in [1.82, 2.24) is 14.9 Å². The molecule has 0 fully saturated rings. The van der Waals surface area contributed by atoms with E-state index in [1.54, 1.807) is 18.3 Å². The van der Waals surface area contributed by atoms with E-state index in [0.717, 1.165) is 28.8 Å². The van der Waals surface area contributed by atoms with E-state index < -0.39 is 23.6 Å². The van der Waals surface area contributed by atoms with Gasteiger partial charge in [0.25, 0.3) is 12.3 Å². The van der Waals surface area contributed by atoms with Gasteiger partial charge in [0.2, 0.25) is 5.88 Å². The van der Waals surface area contributed by atoms with E-state index in [1.807, 2.05) is 42.5 Å². The predicted octanol–water partition coefficient (Wildman–Crippen LogP) is 5.65. The van der Waals surface area contributed by atoms with Gasteiger partial charge in [-0.3, -0.25) is 4.79 Å². The molecule has 1 aliphatic rings. The van der Waals surface area contributed by atoms with Crippen LogP contribution >= 0.6 is 0 Å². The summed E-state index contributed by atoms with van der Waals surface area (Å²) in [5.74, 6) is -0.226. The number of carbonyl (C=O) groups excluding carboxylic acids is 1. The fraction of sp³-hybridized carbons (Fsp3) is 0.148. The van der Waals surface area contributed by atoms with Crippen molar-refractivity contribution in [3.63, 3.8) is 0 Å². The minimum Gasteiger partial charge on any atom is -0.507 e. The van der Waals surface area contributed by atoms with Crippen molar-refractivity contribution in [3.8, 4) is 23.1 Å². The summed E-state index contributed by atoms with van der Waals surface area (Å²) in [7, 11) is 0. The highest BCUT2D eigenvalue weighted by molar-refractivity contribution is 6.00. The van der Waals surface area contributed by atoms with E-state index in [2.05, 4.69) is 9.97 Å².